The van der Waals surface area contributed by atoms with Crippen LogP contribution in [-0.4, -0.2) is 28.0 Å². The highest BCUT2D eigenvalue weighted by Crippen LogP contribution is 2.15. The molecule has 0 fully saturated rings. The van der Waals surface area contributed by atoms with Crippen molar-refractivity contribution in [2.24, 2.45) is 0 Å². The molecule has 0 aliphatic carbocycles. The normalized spacial score (nSPS) is 10.7. The summed E-state index contributed by atoms with van der Waals surface area (Å²) in [5.74, 6) is 1.34. The monoisotopic (exact) mass is 385 g/mol. The number of hydrogen-bond donors (Lipinski definition) is 1. The van der Waals surface area contributed by atoms with Crippen LogP contribution in [0.3, 0.4) is 0 Å². The van der Waals surface area contributed by atoms with Gasteiger partial charge in [0.1, 0.15) is 0 Å². The summed E-state index contributed by atoms with van der Waals surface area (Å²) >= 11 is 7.48. The van der Waals surface area contributed by atoms with E-state index in [1.54, 1.807) is 18.0 Å². The van der Waals surface area contributed by atoms with Crippen LogP contribution in [0.1, 0.15) is 11.1 Å². The Morgan fingerprint density at radius 2 is 1.81 bits per heavy atom. The molecule has 4 nitrogen and oxygen atoms in total. The van der Waals surface area contributed by atoms with E-state index in [0.717, 1.165) is 22.9 Å². The van der Waals surface area contributed by atoms with E-state index < -0.39 is 0 Å². The molecule has 1 N–H and O–H groups in total. The number of benzene rings is 2. The lowest BCUT2D eigenvalue weighted by Gasteiger charge is -2.06. The fraction of sp³-hybridized carbons (Fsp3) is 0.200. The number of rotatable bonds is 8. The highest BCUT2D eigenvalue weighted by atomic mass is 35.5. The molecule has 1 heterocycles. The zero-order valence-corrected chi connectivity index (χ0v) is 15.8. The maximum absolute atomic E-state index is 11.9. The summed E-state index contributed by atoms with van der Waals surface area (Å²) in [5.41, 5.74) is 3.39. The van der Waals surface area contributed by atoms with E-state index in [0.29, 0.717) is 12.3 Å². The Hall–Kier alpha value is -2.24. The minimum Gasteiger partial charge on any atom is -0.355 e. The van der Waals surface area contributed by atoms with E-state index in [9.17, 15) is 4.79 Å². The van der Waals surface area contributed by atoms with E-state index in [4.69, 9.17) is 11.6 Å². The average Bonchev–Trinajstić information content (AvgIpc) is 3.19. The van der Waals surface area contributed by atoms with Crippen molar-refractivity contribution in [1.29, 1.82) is 0 Å². The first-order chi connectivity index (χ1) is 12.7. The first-order valence-corrected chi connectivity index (χ1v) is 9.92. The van der Waals surface area contributed by atoms with Crippen LogP contribution in [0.4, 0.5) is 0 Å². The van der Waals surface area contributed by atoms with Crippen molar-refractivity contribution in [2.75, 3.05) is 12.3 Å². The van der Waals surface area contributed by atoms with Crippen LogP contribution in [0, 0.1) is 0 Å². The van der Waals surface area contributed by atoms with Gasteiger partial charge >= 0.3 is 0 Å². The Bertz CT molecular complexity index is 817. The third-order valence-electron chi connectivity index (χ3n) is 3.86. The van der Waals surface area contributed by atoms with Gasteiger partial charge in [0.25, 0.3) is 0 Å². The maximum atomic E-state index is 11.9. The Labute approximate surface area is 162 Å². The third kappa shape index (κ3) is 5.64. The van der Waals surface area contributed by atoms with Crippen LogP contribution in [0.2, 0.25) is 5.02 Å². The van der Waals surface area contributed by atoms with Gasteiger partial charge in [0.05, 0.1) is 11.4 Å². The molecule has 0 atom stereocenters. The van der Waals surface area contributed by atoms with Crippen LogP contribution in [-0.2, 0) is 17.0 Å². The number of aromatic nitrogens is 2. The second kappa shape index (κ2) is 9.46. The maximum Gasteiger partial charge on any atom is 0.230 e. The van der Waals surface area contributed by atoms with Crippen molar-refractivity contribution < 1.29 is 4.79 Å². The molecule has 6 heteroatoms. The van der Waals surface area contributed by atoms with Gasteiger partial charge in [0.2, 0.25) is 5.91 Å². The fourth-order valence-corrected chi connectivity index (χ4v) is 3.42. The summed E-state index contributed by atoms with van der Waals surface area (Å²) in [5, 5.41) is 7.89. The van der Waals surface area contributed by atoms with Crippen LogP contribution >= 0.6 is 23.4 Å². The number of hydrogen-bond acceptors (Lipinski definition) is 3. The predicted octanol–water partition coefficient (Wildman–Crippen LogP) is 4.12. The smallest absolute Gasteiger partial charge is 0.230 e. The predicted molar refractivity (Wildman–Crippen MR) is 108 cm³/mol. The van der Waals surface area contributed by atoms with Crippen molar-refractivity contribution in [3.05, 3.63) is 83.1 Å². The standard InChI is InChI=1S/C20H20ClN3OS/c21-18-6-2-16(3-7-18)10-12-22-20(25)15-26-14-17-4-8-19(9-5-17)24-13-1-11-23-24/h1-9,11,13H,10,12,14-15H2,(H,22,25). The quantitative estimate of drug-likeness (QED) is 0.634. The molecule has 2 aromatic carbocycles. The second-order valence-corrected chi connectivity index (χ2v) is 7.26. The molecule has 0 unspecified atom stereocenters. The first kappa shape index (κ1) is 18.5. The molecule has 3 rings (SSSR count). The molecule has 0 saturated heterocycles. The van der Waals surface area contributed by atoms with E-state index in [2.05, 4.69) is 22.5 Å². The number of halogens is 1. The molecule has 3 aromatic rings. The minimum atomic E-state index is 0.0668. The summed E-state index contributed by atoms with van der Waals surface area (Å²) in [6, 6.07) is 17.8. The lowest BCUT2D eigenvalue weighted by atomic mass is 10.1. The Morgan fingerprint density at radius 3 is 2.50 bits per heavy atom. The van der Waals surface area contributed by atoms with Crippen LogP contribution < -0.4 is 5.32 Å². The van der Waals surface area contributed by atoms with E-state index in [-0.39, 0.29) is 5.91 Å². The number of amides is 1. The summed E-state index contributed by atoms with van der Waals surface area (Å²) in [6.45, 7) is 0.638. The van der Waals surface area contributed by atoms with E-state index >= 15 is 0 Å². The molecular weight excluding hydrogens is 366 g/mol. The molecule has 0 aliphatic heterocycles. The topological polar surface area (TPSA) is 46.9 Å². The summed E-state index contributed by atoms with van der Waals surface area (Å²) in [4.78, 5) is 11.9. The molecule has 0 aliphatic rings. The Morgan fingerprint density at radius 1 is 1.08 bits per heavy atom. The van der Waals surface area contributed by atoms with Crippen molar-refractivity contribution in [3.8, 4) is 5.69 Å². The lowest BCUT2D eigenvalue weighted by Crippen LogP contribution is -2.27. The summed E-state index contributed by atoms with van der Waals surface area (Å²) in [7, 11) is 0. The van der Waals surface area contributed by atoms with Gasteiger partial charge in [-0.2, -0.15) is 5.10 Å². The van der Waals surface area contributed by atoms with Crippen LogP contribution in [0.5, 0.6) is 0 Å². The molecule has 0 bridgehead atoms. The summed E-state index contributed by atoms with van der Waals surface area (Å²) in [6.07, 6.45) is 4.48. The number of thioether (sulfide) groups is 1. The van der Waals surface area contributed by atoms with Gasteiger partial charge in [0, 0.05) is 29.7 Å². The molecule has 134 valence electrons. The Balaban J connectivity index is 1.35. The van der Waals surface area contributed by atoms with Gasteiger partial charge < -0.3 is 5.32 Å². The van der Waals surface area contributed by atoms with Crippen molar-refractivity contribution in [1.82, 2.24) is 15.1 Å². The minimum absolute atomic E-state index is 0.0668. The average molecular weight is 386 g/mol. The van der Waals surface area contributed by atoms with Gasteiger partial charge in [0.15, 0.2) is 0 Å². The number of carbonyl (C=O) groups is 1. The molecular formula is C20H20ClN3OS. The summed E-state index contributed by atoms with van der Waals surface area (Å²) < 4.78 is 1.82. The van der Waals surface area contributed by atoms with Crippen LogP contribution in [0.15, 0.2) is 67.0 Å². The molecule has 0 saturated carbocycles. The van der Waals surface area contributed by atoms with E-state index in [1.165, 1.54) is 11.1 Å². The third-order valence-corrected chi connectivity index (χ3v) is 5.11. The number of nitrogens with one attached hydrogen (secondary N) is 1. The van der Waals surface area contributed by atoms with Crippen molar-refractivity contribution in [2.45, 2.75) is 12.2 Å². The Kier molecular flexibility index (Phi) is 6.75. The van der Waals surface area contributed by atoms with Gasteiger partial charge in [-0.3, -0.25) is 4.79 Å². The zero-order chi connectivity index (χ0) is 18.2. The van der Waals surface area contributed by atoms with Gasteiger partial charge in [-0.05, 0) is 47.9 Å². The highest BCUT2D eigenvalue weighted by molar-refractivity contribution is 7.99. The molecule has 1 aromatic heterocycles. The molecule has 0 radical (unpaired) electrons. The fourth-order valence-electron chi connectivity index (χ4n) is 2.48. The lowest BCUT2D eigenvalue weighted by molar-refractivity contribution is -0.118. The van der Waals surface area contributed by atoms with Gasteiger partial charge in [-0.1, -0.05) is 35.9 Å². The zero-order valence-electron chi connectivity index (χ0n) is 14.3. The molecule has 1 amide bonds. The van der Waals surface area contributed by atoms with Gasteiger partial charge in [-0.25, -0.2) is 4.68 Å². The second-order valence-electron chi connectivity index (χ2n) is 5.84. The highest BCUT2D eigenvalue weighted by Gasteiger charge is 2.03. The molecule has 26 heavy (non-hydrogen) atoms. The first-order valence-electron chi connectivity index (χ1n) is 8.38. The molecule has 0 spiro atoms. The SMILES string of the molecule is O=C(CSCc1ccc(-n2cccn2)cc1)NCCc1ccc(Cl)cc1. The number of carbonyl (C=O) groups excluding carboxylic acids is 1. The van der Waals surface area contributed by atoms with Gasteiger partial charge in [-0.15, -0.1) is 11.8 Å². The number of nitrogens with zero attached hydrogens (tertiary/aromatic N) is 2. The van der Waals surface area contributed by atoms with Crippen molar-refractivity contribution in [3.63, 3.8) is 0 Å². The largest absolute Gasteiger partial charge is 0.355 e. The van der Waals surface area contributed by atoms with Crippen LogP contribution in [0.25, 0.3) is 5.69 Å². The van der Waals surface area contributed by atoms with E-state index in [1.807, 2.05) is 53.3 Å². The van der Waals surface area contributed by atoms with Crippen molar-refractivity contribution >= 4 is 29.3 Å².